The minimum absolute atomic E-state index is 0.177. The molecule has 0 heterocycles. The van der Waals surface area contributed by atoms with Gasteiger partial charge in [-0.1, -0.05) is 44.2 Å². The van der Waals surface area contributed by atoms with Crippen LogP contribution in [-0.2, 0) is 26.2 Å². The van der Waals surface area contributed by atoms with E-state index in [1.165, 1.54) is 4.90 Å². The SMILES string of the molecule is CCOc1ccc(N(CC(=O)N(Cc2ccccc2)[C@H](C)C(=O)NCC(C)C)S(C)(=O)=O)cc1. The number of ether oxygens (including phenoxy) is 1. The first-order chi connectivity index (χ1) is 16.0. The second kappa shape index (κ2) is 12.4. The first-order valence-electron chi connectivity index (χ1n) is 11.3. The minimum Gasteiger partial charge on any atom is -0.494 e. The lowest BCUT2D eigenvalue weighted by molar-refractivity contribution is -0.139. The van der Waals surface area contributed by atoms with Crippen LogP contribution in [0.2, 0.25) is 0 Å². The molecular formula is C25H35N3O5S. The van der Waals surface area contributed by atoms with Crippen molar-refractivity contribution in [1.29, 1.82) is 0 Å². The van der Waals surface area contributed by atoms with Crippen molar-refractivity contribution in [2.24, 2.45) is 5.92 Å². The fraction of sp³-hybridized carbons (Fsp3) is 0.440. The molecule has 0 radical (unpaired) electrons. The predicted molar refractivity (Wildman–Crippen MR) is 134 cm³/mol. The van der Waals surface area contributed by atoms with E-state index in [1.807, 2.05) is 51.1 Å². The maximum absolute atomic E-state index is 13.4. The van der Waals surface area contributed by atoms with Crippen molar-refractivity contribution in [2.45, 2.75) is 40.3 Å². The van der Waals surface area contributed by atoms with Gasteiger partial charge in [-0.3, -0.25) is 13.9 Å². The van der Waals surface area contributed by atoms with E-state index in [4.69, 9.17) is 4.74 Å². The van der Waals surface area contributed by atoms with Crippen molar-refractivity contribution in [3.8, 4) is 5.75 Å². The first-order valence-corrected chi connectivity index (χ1v) is 13.2. The van der Waals surface area contributed by atoms with E-state index >= 15 is 0 Å². The zero-order valence-electron chi connectivity index (χ0n) is 20.5. The highest BCUT2D eigenvalue weighted by Gasteiger charge is 2.30. The fourth-order valence-corrected chi connectivity index (χ4v) is 4.15. The smallest absolute Gasteiger partial charge is 0.244 e. The summed E-state index contributed by atoms with van der Waals surface area (Å²) >= 11 is 0. The van der Waals surface area contributed by atoms with E-state index in [-0.39, 0.29) is 18.4 Å². The molecule has 0 aliphatic rings. The highest BCUT2D eigenvalue weighted by atomic mass is 32.2. The van der Waals surface area contributed by atoms with Crippen LogP contribution in [0.5, 0.6) is 5.75 Å². The molecule has 2 aromatic rings. The molecule has 186 valence electrons. The standard InChI is InChI=1S/C25H35N3O5S/c1-6-33-23-14-12-22(13-15-23)28(34(5,31)32)18-24(29)27(17-21-10-8-7-9-11-21)20(4)25(30)26-16-19(2)3/h7-15,19-20H,6,16-18H2,1-5H3,(H,26,30)/t20-/m1/s1. The zero-order valence-corrected chi connectivity index (χ0v) is 21.3. The molecule has 0 spiro atoms. The molecule has 0 aliphatic carbocycles. The van der Waals surface area contributed by atoms with Crippen LogP contribution in [0.25, 0.3) is 0 Å². The number of rotatable bonds is 12. The Labute approximate surface area is 202 Å². The normalized spacial score (nSPS) is 12.2. The van der Waals surface area contributed by atoms with Crippen molar-refractivity contribution in [1.82, 2.24) is 10.2 Å². The molecule has 1 atom stereocenters. The number of carbonyl (C=O) groups is 2. The van der Waals surface area contributed by atoms with E-state index in [0.717, 1.165) is 16.1 Å². The summed E-state index contributed by atoms with van der Waals surface area (Å²) < 4.78 is 31.6. The monoisotopic (exact) mass is 489 g/mol. The van der Waals surface area contributed by atoms with Crippen LogP contribution in [0, 0.1) is 5.92 Å². The Morgan fingerprint density at radius 1 is 1.00 bits per heavy atom. The fourth-order valence-electron chi connectivity index (χ4n) is 3.30. The van der Waals surface area contributed by atoms with E-state index in [0.29, 0.717) is 24.6 Å². The van der Waals surface area contributed by atoms with Gasteiger partial charge in [0.15, 0.2) is 0 Å². The van der Waals surface area contributed by atoms with E-state index in [2.05, 4.69) is 5.32 Å². The Balaban J connectivity index is 2.31. The van der Waals surface area contributed by atoms with Gasteiger partial charge < -0.3 is 15.0 Å². The Hall–Kier alpha value is -3.07. The third-order valence-corrected chi connectivity index (χ3v) is 6.30. The molecule has 0 saturated heterocycles. The lowest BCUT2D eigenvalue weighted by Crippen LogP contribution is -2.51. The zero-order chi connectivity index (χ0) is 25.3. The molecule has 0 aromatic heterocycles. The molecule has 1 N–H and O–H groups in total. The second-order valence-electron chi connectivity index (χ2n) is 8.52. The number of nitrogens with zero attached hydrogens (tertiary/aromatic N) is 2. The van der Waals surface area contributed by atoms with Gasteiger partial charge in [0.25, 0.3) is 0 Å². The summed E-state index contributed by atoms with van der Waals surface area (Å²) in [4.78, 5) is 27.6. The Bertz CT molecular complexity index is 1040. The average Bonchev–Trinajstić information content (AvgIpc) is 2.79. The molecule has 2 amide bonds. The number of sulfonamides is 1. The van der Waals surface area contributed by atoms with Crippen LogP contribution >= 0.6 is 0 Å². The predicted octanol–water partition coefficient (Wildman–Crippen LogP) is 3.04. The van der Waals surface area contributed by atoms with Crippen molar-refractivity contribution in [3.05, 3.63) is 60.2 Å². The molecule has 8 nitrogen and oxygen atoms in total. The van der Waals surface area contributed by atoms with E-state index < -0.39 is 28.5 Å². The van der Waals surface area contributed by atoms with Gasteiger partial charge in [0.05, 0.1) is 18.6 Å². The molecule has 34 heavy (non-hydrogen) atoms. The number of hydrogen-bond acceptors (Lipinski definition) is 5. The molecule has 0 saturated carbocycles. The topological polar surface area (TPSA) is 96.0 Å². The van der Waals surface area contributed by atoms with Crippen molar-refractivity contribution in [3.63, 3.8) is 0 Å². The van der Waals surface area contributed by atoms with Gasteiger partial charge in [-0.2, -0.15) is 0 Å². The highest BCUT2D eigenvalue weighted by Crippen LogP contribution is 2.22. The van der Waals surface area contributed by atoms with E-state index in [1.54, 1.807) is 31.2 Å². The Morgan fingerprint density at radius 3 is 2.15 bits per heavy atom. The summed E-state index contributed by atoms with van der Waals surface area (Å²) in [6.07, 6.45) is 1.05. The molecule has 2 rings (SSSR count). The summed E-state index contributed by atoms with van der Waals surface area (Å²) in [5.74, 6) is 0.0994. The van der Waals surface area contributed by atoms with E-state index in [9.17, 15) is 18.0 Å². The summed E-state index contributed by atoms with van der Waals surface area (Å²) in [5, 5.41) is 2.86. The van der Waals surface area contributed by atoms with Gasteiger partial charge >= 0.3 is 0 Å². The van der Waals surface area contributed by atoms with Crippen LogP contribution in [0.15, 0.2) is 54.6 Å². The summed E-state index contributed by atoms with van der Waals surface area (Å²) in [6.45, 7) is 8.19. The molecule has 0 fully saturated rings. The molecule has 0 unspecified atom stereocenters. The van der Waals surface area contributed by atoms with Crippen LogP contribution in [0.4, 0.5) is 5.69 Å². The van der Waals surface area contributed by atoms with Crippen molar-refractivity contribution >= 4 is 27.5 Å². The number of hydrogen-bond donors (Lipinski definition) is 1. The largest absolute Gasteiger partial charge is 0.494 e. The van der Waals surface area contributed by atoms with Gasteiger partial charge in [-0.15, -0.1) is 0 Å². The van der Waals surface area contributed by atoms with Gasteiger partial charge in [0.2, 0.25) is 21.8 Å². The highest BCUT2D eigenvalue weighted by molar-refractivity contribution is 7.92. The third-order valence-electron chi connectivity index (χ3n) is 5.16. The third kappa shape index (κ3) is 8.06. The van der Waals surface area contributed by atoms with Gasteiger partial charge in [0.1, 0.15) is 18.3 Å². The van der Waals surface area contributed by atoms with Crippen molar-refractivity contribution < 1.29 is 22.7 Å². The summed E-state index contributed by atoms with van der Waals surface area (Å²) in [5.41, 5.74) is 1.18. The van der Waals surface area contributed by atoms with Crippen LogP contribution in [0.1, 0.15) is 33.3 Å². The van der Waals surface area contributed by atoms with Crippen LogP contribution < -0.4 is 14.4 Å². The second-order valence-corrected chi connectivity index (χ2v) is 10.4. The quantitative estimate of drug-likeness (QED) is 0.494. The summed E-state index contributed by atoms with van der Waals surface area (Å²) in [7, 11) is -3.77. The number of carbonyl (C=O) groups excluding carboxylic acids is 2. The van der Waals surface area contributed by atoms with Crippen LogP contribution in [-0.4, -0.2) is 57.1 Å². The van der Waals surface area contributed by atoms with Gasteiger partial charge in [0, 0.05) is 13.1 Å². The lowest BCUT2D eigenvalue weighted by atomic mass is 10.1. The minimum atomic E-state index is -3.77. The molecular weight excluding hydrogens is 454 g/mol. The number of anilines is 1. The molecule has 0 aliphatic heterocycles. The van der Waals surface area contributed by atoms with Gasteiger partial charge in [-0.05, 0) is 49.6 Å². The maximum Gasteiger partial charge on any atom is 0.244 e. The average molecular weight is 490 g/mol. The first kappa shape index (κ1) is 27.2. The maximum atomic E-state index is 13.4. The number of amides is 2. The van der Waals surface area contributed by atoms with Gasteiger partial charge in [-0.25, -0.2) is 8.42 Å². The lowest BCUT2D eigenvalue weighted by Gasteiger charge is -2.31. The van der Waals surface area contributed by atoms with Crippen LogP contribution in [0.3, 0.4) is 0 Å². The summed E-state index contributed by atoms with van der Waals surface area (Å²) in [6, 6.07) is 15.0. The van der Waals surface area contributed by atoms with Crippen molar-refractivity contribution in [2.75, 3.05) is 30.3 Å². The molecule has 9 heteroatoms. The molecule has 0 bridgehead atoms. The number of benzene rings is 2. The molecule has 2 aromatic carbocycles. The Morgan fingerprint density at radius 2 is 1.62 bits per heavy atom. The Kier molecular flexibility index (Phi) is 9.92. The number of nitrogens with one attached hydrogen (secondary N) is 1.